The van der Waals surface area contributed by atoms with Crippen molar-refractivity contribution < 1.29 is 14.0 Å². The molecule has 3 rings (SSSR count). The van der Waals surface area contributed by atoms with Crippen LogP contribution in [0.1, 0.15) is 59.5 Å². The molecule has 6 heteroatoms. The molecule has 1 amide bonds. The van der Waals surface area contributed by atoms with Crippen molar-refractivity contribution in [2.75, 3.05) is 0 Å². The lowest BCUT2D eigenvalue weighted by atomic mass is 9.92. The Balaban J connectivity index is 2.21. The van der Waals surface area contributed by atoms with Gasteiger partial charge in [0.2, 0.25) is 0 Å². The smallest absolute Gasteiger partial charge is 0.268 e. The first-order chi connectivity index (χ1) is 12.4. The van der Waals surface area contributed by atoms with Gasteiger partial charge in [0.15, 0.2) is 5.78 Å². The summed E-state index contributed by atoms with van der Waals surface area (Å²) >= 11 is 0. The Bertz CT molecular complexity index is 916. The van der Waals surface area contributed by atoms with E-state index >= 15 is 0 Å². The molecule has 0 unspecified atom stereocenters. The number of carbonyl (C=O) groups excluding carboxylic acids is 2. The number of nitrogens with one attached hydrogen (secondary N) is 1. The number of Topliss-reactive ketones (excluding diaryl/α,β-unsaturated/α-hetero) is 1. The van der Waals surface area contributed by atoms with Crippen LogP contribution in [0.3, 0.4) is 0 Å². The van der Waals surface area contributed by atoms with E-state index < -0.39 is 17.3 Å². The quantitative estimate of drug-likeness (QED) is 0.916. The zero-order valence-corrected chi connectivity index (χ0v) is 14.8. The average Bonchev–Trinajstić information content (AvgIpc) is 2.62. The van der Waals surface area contributed by atoms with Gasteiger partial charge in [-0.2, -0.15) is 0 Å². The number of hydrogen-bond donors (Lipinski definition) is 1. The van der Waals surface area contributed by atoms with Crippen molar-refractivity contribution in [3.05, 3.63) is 63.3 Å². The van der Waals surface area contributed by atoms with Crippen LogP contribution in [0.25, 0.3) is 5.69 Å². The summed E-state index contributed by atoms with van der Waals surface area (Å²) in [7, 11) is 0. The minimum atomic E-state index is -0.499. The second-order valence-electron chi connectivity index (χ2n) is 6.59. The molecule has 0 bridgehead atoms. The molecule has 1 atom stereocenters. The fraction of sp³-hybridized carbons (Fsp3) is 0.350. The second-order valence-corrected chi connectivity index (χ2v) is 6.59. The number of fused-ring (bicyclic) bond motifs is 1. The van der Waals surface area contributed by atoms with Gasteiger partial charge >= 0.3 is 0 Å². The summed E-state index contributed by atoms with van der Waals surface area (Å²) in [6.07, 6.45) is 2.31. The van der Waals surface area contributed by atoms with Crippen LogP contribution in [0.4, 0.5) is 4.39 Å². The van der Waals surface area contributed by atoms with Crippen molar-refractivity contribution in [1.82, 2.24) is 9.88 Å². The van der Waals surface area contributed by atoms with Crippen LogP contribution < -0.4 is 10.9 Å². The molecule has 5 nitrogen and oxygen atoms in total. The molecule has 0 fully saturated rings. The lowest BCUT2D eigenvalue weighted by Crippen LogP contribution is -2.39. The number of aromatic nitrogens is 1. The summed E-state index contributed by atoms with van der Waals surface area (Å²) in [5.41, 5.74) is 0.863. The summed E-state index contributed by atoms with van der Waals surface area (Å²) < 4.78 is 14.7. The van der Waals surface area contributed by atoms with Crippen molar-refractivity contribution >= 4 is 11.7 Å². The summed E-state index contributed by atoms with van der Waals surface area (Å²) in [6, 6.07) is 6.79. The van der Waals surface area contributed by atoms with Gasteiger partial charge < -0.3 is 5.32 Å². The largest absolute Gasteiger partial charge is 0.349 e. The Kier molecular flexibility index (Phi) is 5.02. The third-order valence-corrected chi connectivity index (χ3v) is 4.74. The van der Waals surface area contributed by atoms with Gasteiger partial charge in [-0.3, -0.25) is 19.0 Å². The molecule has 1 N–H and O–H groups in total. The van der Waals surface area contributed by atoms with Gasteiger partial charge in [0.05, 0.1) is 0 Å². The van der Waals surface area contributed by atoms with Crippen LogP contribution in [0.15, 0.2) is 35.1 Å². The zero-order chi connectivity index (χ0) is 18.8. The third kappa shape index (κ3) is 3.31. The highest BCUT2D eigenvalue weighted by Crippen LogP contribution is 2.23. The molecule has 1 aromatic heterocycles. The van der Waals surface area contributed by atoms with Gasteiger partial charge in [-0.1, -0.05) is 6.92 Å². The molecule has 2 aromatic rings. The minimum Gasteiger partial charge on any atom is -0.349 e. The summed E-state index contributed by atoms with van der Waals surface area (Å²) in [5, 5.41) is 2.77. The Morgan fingerprint density at radius 1 is 1.23 bits per heavy atom. The van der Waals surface area contributed by atoms with Crippen LogP contribution >= 0.6 is 0 Å². The van der Waals surface area contributed by atoms with Crippen LogP contribution in [0.2, 0.25) is 0 Å². The number of carbonyl (C=O) groups is 2. The minimum absolute atomic E-state index is 0.0661. The highest BCUT2D eigenvalue weighted by molar-refractivity contribution is 6.02. The van der Waals surface area contributed by atoms with Gasteiger partial charge in [-0.15, -0.1) is 0 Å². The van der Waals surface area contributed by atoms with E-state index in [1.165, 1.54) is 34.9 Å². The number of benzene rings is 1. The lowest BCUT2D eigenvalue weighted by molar-refractivity contribution is 0.0937. The predicted molar refractivity (Wildman–Crippen MR) is 96.5 cm³/mol. The first kappa shape index (κ1) is 18.0. The molecule has 1 aliphatic rings. The maximum absolute atomic E-state index is 13.3. The molecular weight excluding hydrogens is 335 g/mol. The van der Waals surface area contributed by atoms with Crippen molar-refractivity contribution in [2.45, 2.75) is 45.6 Å². The number of nitrogens with zero attached hydrogens (tertiary/aromatic N) is 1. The molecular formula is C20H21FN2O3. The lowest BCUT2D eigenvalue weighted by Gasteiger charge is -2.22. The molecule has 0 saturated heterocycles. The summed E-state index contributed by atoms with van der Waals surface area (Å²) in [6.45, 7) is 3.78. The van der Waals surface area contributed by atoms with Crippen molar-refractivity contribution in [2.24, 2.45) is 0 Å². The fourth-order valence-corrected chi connectivity index (χ4v) is 3.12. The molecule has 0 spiro atoms. The monoisotopic (exact) mass is 356 g/mol. The number of halogens is 1. The number of pyridine rings is 1. The Hall–Kier alpha value is -2.76. The summed E-state index contributed by atoms with van der Waals surface area (Å²) in [4.78, 5) is 38.0. The van der Waals surface area contributed by atoms with E-state index in [1.54, 1.807) is 0 Å². The molecule has 0 aliphatic heterocycles. The number of rotatable bonds is 4. The standard InChI is InChI=1S/C20H21FN2O3/c1-3-12(2)22-19(25)16-11-15-17(5-4-6-18(15)24)23(20(16)26)14-9-7-13(21)8-10-14/h7-12H,3-6H2,1-2H3,(H,22,25)/t12-/m1/s1. The molecule has 1 heterocycles. The van der Waals surface area contributed by atoms with E-state index in [0.717, 1.165) is 6.42 Å². The maximum atomic E-state index is 13.3. The normalized spacial score (nSPS) is 14.7. The number of amides is 1. The second kappa shape index (κ2) is 7.23. The molecule has 1 aliphatic carbocycles. The van der Waals surface area contributed by atoms with Crippen molar-refractivity contribution in [3.8, 4) is 5.69 Å². The molecule has 1 aromatic carbocycles. The van der Waals surface area contributed by atoms with E-state index in [9.17, 15) is 18.8 Å². The number of ketones is 1. The van der Waals surface area contributed by atoms with Gasteiger partial charge in [-0.25, -0.2) is 4.39 Å². The van der Waals surface area contributed by atoms with Crippen LogP contribution in [0, 0.1) is 5.82 Å². The van der Waals surface area contributed by atoms with E-state index in [0.29, 0.717) is 36.2 Å². The maximum Gasteiger partial charge on any atom is 0.268 e. The Labute approximate surface area is 150 Å². The SMILES string of the molecule is CC[C@@H](C)NC(=O)c1cc2c(n(-c3ccc(F)cc3)c1=O)CCCC2=O. The average molecular weight is 356 g/mol. The Morgan fingerprint density at radius 3 is 2.58 bits per heavy atom. The van der Waals surface area contributed by atoms with Crippen molar-refractivity contribution in [1.29, 1.82) is 0 Å². The van der Waals surface area contributed by atoms with Crippen molar-refractivity contribution in [3.63, 3.8) is 0 Å². The van der Waals surface area contributed by atoms with Crippen LogP contribution in [-0.2, 0) is 6.42 Å². The van der Waals surface area contributed by atoms with Crippen LogP contribution in [-0.4, -0.2) is 22.3 Å². The van der Waals surface area contributed by atoms with Gasteiger partial charge in [0, 0.05) is 29.4 Å². The molecule has 136 valence electrons. The molecule has 0 radical (unpaired) electrons. The first-order valence-electron chi connectivity index (χ1n) is 8.81. The topological polar surface area (TPSA) is 68.2 Å². The zero-order valence-electron chi connectivity index (χ0n) is 14.8. The van der Waals surface area contributed by atoms with Gasteiger partial charge in [0.1, 0.15) is 11.4 Å². The molecule has 26 heavy (non-hydrogen) atoms. The van der Waals surface area contributed by atoms with Gasteiger partial charge in [0.25, 0.3) is 11.5 Å². The highest BCUT2D eigenvalue weighted by atomic mass is 19.1. The predicted octanol–water partition coefficient (Wildman–Crippen LogP) is 3.02. The van der Waals surface area contributed by atoms with E-state index in [1.807, 2.05) is 13.8 Å². The van der Waals surface area contributed by atoms with E-state index in [-0.39, 0.29) is 17.4 Å². The Morgan fingerprint density at radius 2 is 1.92 bits per heavy atom. The summed E-state index contributed by atoms with van der Waals surface area (Å²) in [5.74, 6) is -1.00. The van der Waals surface area contributed by atoms with Gasteiger partial charge in [-0.05, 0) is 56.5 Å². The third-order valence-electron chi connectivity index (χ3n) is 4.74. The highest BCUT2D eigenvalue weighted by Gasteiger charge is 2.26. The van der Waals surface area contributed by atoms with E-state index in [2.05, 4.69) is 5.32 Å². The first-order valence-corrected chi connectivity index (χ1v) is 8.81. The fourth-order valence-electron chi connectivity index (χ4n) is 3.12. The molecule has 0 saturated carbocycles. The number of hydrogen-bond acceptors (Lipinski definition) is 3. The van der Waals surface area contributed by atoms with Crippen LogP contribution in [0.5, 0.6) is 0 Å². The van der Waals surface area contributed by atoms with E-state index in [4.69, 9.17) is 0 Å².